The van der Waals surface area contributed by atoms with E-state index in [-0.39, 0.29) is 5.75 Å². The van der Waals surface area contributed by atoms with Gasteiger partial charge in [0.05, 0.1) is 11.6 Å². The molecule has 2 aromatic rings. The molecule has 2 atom stereocenters. The van der Waals surface area contributed by atoms with Crippen LogP contribution in [0.4, 0.5) is 13.2 Å². The molecule has 0 fully saturated rings. The Morgan fingerprint density at radius 1 is 1.26 bits per heavy atom. The number of rotatable bonds is 5. The van der Waals surface area contributed by atoms with Crippen molar-refractivity contribution in [3.63, 3.8) is 0 Å². The zero-order chi connectivity index (χ0) is 17.0. The van der Waals surface area contributed by atoms with E-state index in [4.69, 9.17) is 4.74 Å². The number of nitrogens with zero attached hydrogens (tertiary/aromatic N) is 2. The maximum absolute atomic E-state index is 12.5. The third-order valence-corrected chi connectivity index (χ3v) is 2.99. The molecule has 23 heavy (non-hydrogen) atoms. The molecule has 6 nitrogen and oxygen atoms in total. The summed E-state index contributed by atoms with van der Waals surface area (Å²) in [4.78, 5) is 15.8. The lowest BCUT2D eigenvalue weighted by Crippen LogP contribution is -2.38. The van der Waals surface area contributed by atoms with Crippen LogP contribution in [0.15, 0.2) is 35.2 Å². The number of ether oxygens (including phenoxy) is 1. The molecule has 0 aliphatic rings. The summed E-state index contributed by atoms with van der Waals surface area (Å²) in [7, 11) is 0. The van der Waals surface area contributed by atoms with Gasteiger partial charge in [-0.05, 0) is 38.1 Å². The molecular formula is C14H14F3N3O3. The first kappa shape index (κ1) is 16.8. The number of carbonyl (C=O) groups is 1. The third kappa shape index (κ3) is 4.44. The number of hydrogen-bond donors (Lipinski definition) is 1. The molecule has 1 N–H and O–H groups in total. The minimum atomic E-state index is -4.42. The summed E-state index contributed by atoms with van der Waals surface area (Å²) in [5.74, 6) is 0.00939. The van der Waals surface area contributed by atoms with Crippen LogP contribution < -0.4 is 10.1 Å². The number of carbonyl (C=O) groups excluding carboxylic acids is 1. The molecule has 2 rings (SSSR count). The van der Waals surface area contributed by atoms with E-state index in [1.807, 2.05) is 0 Å². The number of aromatic nitrogens is 2. The number of alkyl halides is 3. The van der Waals surface area contributed by atoms with Gasteiger partial charge in [0, 0.05) is 0 Å². The fourth-order valence-corrected chi connectivity index (χ4v) is 1.74. The van der Waals surface area contributed by atoms with Crippen molar-refractivity contribution >= 4 is 5.91 Å². The van der Waals surface area contributed by atoms with Gasteiger partial charge in [0.2, 0.25) is 6.39 Å². The molecule has 0 aliphatic heterocycles. The van der Waals surface area contributed by atoms with Crippen LogP contribution >= 0.6 is 0 Å². The molecule has 124 valence electrons. The Labute approximate surface area is 129 Å². The van der Waals surface area contributed by atoms with E-state index >= 15 is 0 Å². The molecule has 0 spiro atoms. The molecule has 0 saturated heterocycles. The summed E-state index contributed by atoms with van der Waals surface area (Å²) >= 11 is 0. The second-order valence-corrected chi connectivity index (χ2v) is 4.80. The smallest absolute Gasteiger partial charge is 0.416 e. The quantitative estimate of drug-likeness (QED) is 0.913. The van der Waals surface area contributed by atoms with Crippen molar-refractivity contribution < 1.29 is 27.2 Å². The fraction of sp³-hybridized carbons (Fsp3) is 0.357. The van der Waals surface area contributed by atoms with Crippen molar-refractivity contribution in [3.8, 4) is 5.75 Å². The Balaban J connectivity index is 1.93. The predicted octanol–water partition coefficient (Wildman–Crippen LogP) is 2.73. The van der Waals surface area contributed by atoms with Gasteiger partial charge in [-0.3, -0.25) is 4.79 Å². The van der Waals surface area contributed by atoms with Crippen LogP contribution in [0, 0.1) is 0 Å². The van der Waals surface area contributed by atoms with Crippen LogP contribution in [0.1, 0.15) is 31.3 Å². The zero-order valence-corrected chi connectivity index (χ0v) is 12.3. The Bertz CT molecular complexity index is 642. The van der Waals surface area contributed by atoms with Gasteiger partial charge < -0.3 is 14.6 Å². The maximum atomic E-state index is 12.5. The highest BCUT2D eigenvalue weighted by Crippen LogP contribution is 2.30. The molecule has 0 bridgehead atoms. The normalized spacial score (nSPS) is 14.1. The second-order valence-electron chi connectivity index (χ2n) is 4.80. The molecule has 0 saturated carbocycles. The minimum absolute atomic E-state index is 0.160. The van der Waals surface area contributed by atoms with Crippen molar-refractivity contribution in [2.45, 2.75) is 32.2 Å². The van der Waals surface area contributed by atoms with E-state index in [2.05, 4.69) is 20.0 Å². The maximum Gasteiger partial charge on any atom is 0.416 e. The lowest BCUT2D eigenvalue weighted by atomic mass is 10.2. The van der Waals surface area contributed by atoms with Crippen LogP contribution in [0.5, 0.6) is 5.75 Å². The largest absolute Gasteiger partial charge is 0.481 e. The van der Waals surface area contributed by atoms with Gasteiger partial charge in [-0.1, -0.05) is 5.16 Å². The predicted molar refractivity (Wildman–Crippen MR) is 72.4 cm³/mol. The lowest BCUT2D eigenvalue weighted by Gasteiger charge is -2.17. The molecule has 1 heterocycles. The van der Waals surface area contributed by atoms with E-state index < -0.39 is 29.8 Å². The highest BCUT2D eigenvalue weighted by atomic mass is 19.4. The van der Waals surface area contributed by atoms with Crippen LogP contribution in [-0.2, 0) is 11.0 Å². The Kier molecular flexibility index (Phi) is 4.87. The number of benzene rings is 1. The van der Waals surface area contributed by atoms with Crippen LogP contribution in [-0.4, -0.2) is 22.2 Å². The average molecular weight is 329 g/mol. The molecule has 0 unspecified atom stereocenters. The van der Waals surface area contributed by atoms with Gasteiger partial charge >= 0.3 is 6.18 Å². The highest BCUT2D eigenvalue weighted by molar-refractivity contribution is 5.81. The van der Waals surface area contributed by atoms with E-state index in [1.165, 1.54) is 6.92 Å². The first-order valence-corrected chi connectivity index (χ1v) is 6.68. The van der Waals surface area contributed by atoms with Crippen molar-refractivity contribution in [1.29, 1.82) is 0 Å². The summed E-state index contributed by atoms with van der Waals surface area (Å²) in [5.41, 5.74) is -0.785. The molecule has 9 heteroatoms. The highest BCUT2D eigenvalue weighted by Gasteiger charge is 2.30. The number of hydrogen-bond acceptors (Lipinski definition) is 5. The average Bonchev–Trinajstić information content (AvgIpc) is 3.01. The standard InChI is InChI=1S/C14H14F3N3O3/c1-8(12-18-7-22-20-12)19-13(21)9(2)23-11-5-3-10(4-6-11)14(15,16)17/h3-9H,1-2H3,(H,19,21)/t8-,9-/m0/s1. The van der Waals surface area contributed by atoms with E-state index in [0.717, 1.165) is 30.7 Å². The van der Waals surface area contributed by atoms with Crippen molar-refractivity contribution in [3.05, 3.63) is 42.0 Å². The Morgan fingerprint density at radius 2 is 1.91 bits per heavy atom. The summed E-state index contributed by atoms with van der Waals surface area (Å²) in [6.07, 6.45) is -4.18. The Morgan fingerprint density at radius 3 is 2.43 bits per heavy atom. The zero-order valence-electron chi connectivity index (χ0n) is 12.3. The fourth-order valence-electron chi connectivity index (χ4n) is 1.74. The van der Waals surface area contributed by atoms with Crippen molar-refractivity contribution in [2.24, 2.45) is 0 Å². The van der Waals surface area contributed by atoms with Gasteiger partial charge in [0.15, 0.2) is 11.9 Å². The van der Waals surface area contributed by atoms with E-state index in [0.29, 0.717) is 5.82 Å². The monoisotopic (exact) mass is 329 g/mol. The van der Waals surface area contributed by atoms with Gasteiger partial charge in [-0.15, -0.1) is 0 Å². The summed E-state index contributed by atoms with van der Waals surface area (Å²) in [5, 5.41) is 6.21. The lowest BCUT2D eigenvalue weighted by molar-refractivity contribution is -0.137. The minimum Gasteiger partial charge on any atom is -0.481 e. The molecule has 1 aromatic heterocycles. The first-order valence-electron chi connectivity index (χ1n) is 6.68. The SMILES string of the molecule is C[C@H](Oc1ccc(C(F)(F)F)cc1)C(=O)N[C@@H](C)c1ncon1. The van der Waals surface area contributed by atoms with Crippen LogP contribution in [0.2, 0.25) is 0 Å². The van der Waals surface area contributed by atoms with Gasteiger partial charge in [-0.25, -0.2) is 0 Å². The second kappa shape index (κ2) is 6.67. The van der Waals surface area contributed by atoms with Crippen LogP contribution in [0.3, 0.4) is 0 Å². The molecule has 0 radical (unpaired) electrons. The number of amides is 1. The number of nitrogens with one attached hydrogen (secondary N) is 1. The van der Waals surface area contributed by atoms with Gasteiger partial charge in [0.1, 0.15) is 5.75 Å². The summed E-state index contributed by atoms with van der Waals surface area (Å²) < 4.78 is 47.3. The molecule has 1 amide bonds. The van der Waals surface area contributed by atoms with Gasteiger partial charge in [0.25, 0.3) is 5.91 Å². The van der Waals surface area contributed by atoms with Crippen molar-refractivity contribution in [1.82, 2.24) is 15.5 Å². The summed E-state index contributed by atoms with van der Waals surface area (Å²) in [6.45, 7) is 3.14. The molecular weight excluding hydrogens is 315 g/mol. The summed E-state index contributed by atoms with van der Waals surface area (Å²) in [6, 6.07) is 3.62. The van der Waals surface area contributed by atoms with Gasteiger partial charge in [-0.2, -0.15) is 18.2 Å². The van der Waals surface area contributed by atoms with Crippen LogP contribution in [0.25, 0.3) is 0 Å². The molecule has 0 aliphatic carbocycles. The number of halogens is 3. The first-order chi connectivity index (χ1) is 10.8. The van der Waals surface area contributed by atoms with E-state index in [9.17, 15) is 18.0 Å². The van der Waals surface area contributed by atoms with Crippen molar-refractivity contribution in [2.75, 3.05) is 0 Å². The third-order valence-electron chi connectivity index (χ3n) is 2.99. The molecule has 1 aromatic carbocycles. The topological polar surface area (TPSA) is 77.2 Å². The van der Waals surface area contributed by atoms with E-state index in [1.54, 1.807) is 6.92 Å². The Hall–Kier alpha value is -2.58.